The van der Waals surface area contributed by atoms with E-state index >= 15 is 0 Å². The fraction of sp³-hybridized carbons (Fsp3) is 0.500. The number of rotatable bonds is 4. The van der Waals surface area contributed by atoms with E-state index in [4.69, 9.17) is 9.47 Å². The maximum atomic E-state index is 12.7. The van der Waals surface area contributed by atoms with Crippen molar-refractivity contribution < 1.29 is 19.1 Å². The quantitative estimate of drug-likeness (QED) is 0.473. The molecule has 2 aliphatic rings. The van der Waals surface area contributed by atoms with Crippen molar-refractivity contribution in [2.45, 2.75) is 46.1 Å². The maximum absolute atomic E-state index is 12.7. The summed E-state index contributed by atoms with van der Waals surface area (Å²) in [6.07, 6.45) is 3.40. The lowest BCUT2D eigenvalue weighted by Crippen LogP contribution is -2.39. The first-order valence-electron chi connectivity index (χ1n) is 8.48. The molecular weight excluding hydrogens is 304 g/mol. The predicted molar refractivity (Wildman–Crippen MR) is 90.7 cm³/mol. The molecule has 0 saturated heterocycles. The highest BCUT2D eigenvalue weighted by Crippen LogP contribution is 2.56. The lowest BCUT2D eigenvalue weighted by molar-refractivity contribution is -0.130. The van der Waals surface area contributed by atoms with Crippen molar-refractivity contribution in [3.05, 3.63) is 42.0 Å². The summed E-state index contributed by atoms with van der Waals surface area (Å²) in [5.74, 6) is 0.313. The molecule has 3 rings (SSSR count). The lowest BCUT2D eigenvalue weighted by Gasteiger charge is -2.37. The van der Waals surface area contributed by atoms with Crippen LogP contribution in [0.2, 0.25) is 0 Å². The molecule has 1 aromatic carbocycles. The first-order valence-corrected chi connectivity index (χ1v) is 8.48. The molecule has 128 valence electrons. The molecule has 2 saturated carbocycles. The van der Waals surface area contributed by atoms with Crippen LogP contribution in [-0.2, 0) is 9.53 Å². The van der Waals surface area contributed by atoms with Crippen molar-refractivity contribution in [3.63, 3.8) is 0 Å². The predicted octanol–water partition coefficient (Wildman–Crippen LogP) is 4.15. The van der Waals surface area contributed by atoms with Gasteiger partial charge in [0, 0.05) is 11.0 Å². The van der Waals surface area contributed by atoms with Crippen LogP contribution in [-0.4, -0.2) is 18.0 Å². The van der Waals surface area contributed by atoms with Gasteiger partial charge in [-0.15, -0.1) is 0 Å². The van der Waals surface area contributed by atoms with Gasteiger partial charge in [-0.2, -0.15) is 0 Å². The highest BCUT2D eigenvalue weighted by atomic mass is 16.6. The Morgan fingerprint density at radius 2 is 1.92 bits per heavy atom. The molecule has 0 N–H and O–H groups in total. The first-order chi connectivity index (χ1) is 11.3. The Labute approximate surface area is 142 Å². The normalized spacial score (nSPS) is 26.9. The minimum Gasteiger partial charge on any atom is -0.458 e. The Bertz CT molecular complexity index is 689. The second-order valence-corrected chi connectivity index (χ2v) is 7.58. The van der Waals surface area contributed by atoms with Gasteiger partial charge in [0.05, 0.1) is 0 Å². The SMILES string of the molecule is C=C(C)C(=O)Oc1ccccc1C(=O)OC1C2CCC(C2)C1(C)C. The van der Waals surface area contributed by atoms with Gasteiger partial charge in [0.25, 0.3) is 0 Å². The van der Waals surface area contributed by atoms with Crippen LogP contribution < -0.4 is 4.74 Å². The summed E-state index contributed by atoms with van der Waals surface area (Å²) in [5.41, 5.74) is 0.570. The van der Waals surface area contributed by atoms with Crippen molar-refractivity contribution >= 4 is 11.9 Å². The fourth-order valence-electron chi connectivity index (χ4n) is 4.15. The molecule has 4 heteroatoms. The minimum atomic E-state index is -0.546. The molecule has 2 fully saturated rings. The van der Waals surface area contributed by atoms with Crippen LogP contribution in [0.1, 0.15) is 50.4 Å². The molecule has 24 heavy (non-hydrogen) atoms. The van der Waals surface area contributed by atoms with Gasteiger partial charge < -0.3 is 9.47 Å². The molecule has 3 unspecified atom stereocenters. The maximum Gasteiger partial charge on any atom is 0.342 e. The largest absolute Gasteiger partial charge is 0.458 e. The summed E-state index contributed by atoms with van der Waals surface area (Å²) in [5, 5.41) is 0. The second-order valence-electron chi connectivity index (χ2n) is 7.58. The first kappa shape index (κ1) is 16.7. The van der Waals surface area contributed by atoms with Crippen molar-refractivity contribution in [2.24, 2.45) is 17.3 Å². The Hall–Kier alpha value is -2.10. The zero-order chi connectivity index (χ0) is 17.5. The number of hydrogen-bond acceptors (Lipinski definition) is 4. The minimum absolute atomic E-state index is 0.00189. The topological polar surface area (TPSA) is 52.6 Å². The van der Waals surface area contributed by atoms with Gasteiger partial charge in [-0.1, -0.05) is 32.6 Å². The monoisotopic (exact) mass is 328 g/mol. The van der Waals surface area contributed by atoms with E-state index in [1.54, 1.807) is 31.2 Å². The van der Waals surface area contributed by atoms with E-state index in [2.05, 4.69) is 20.4 Å². The zero-order valence-corrected chi connectivity index (χ0v) is 14.5. The van der Waals surface area contributed by atoms with Crippen LogP contribution in [0.25, 0.3) is 0 Å². The van der Waals surface area contributed by atoms with Crippen molar-refractivity contribution in [2.75, 3.05) is 0 Å². The van der Waals surface area contributed by atoms with E-state index < -0.39 is 11.9 Å². The van der Waals surface area contributed by atoms with Crippen LogP contribution in [0.4, 0.5) is 0 Å². The molecule has 2 bridgehead atoms. The van der Waals surface area contributed by atoms with Gasteiger partial charge in [-0.05, 0) is 50.2 Å². The van der Waals surface area contributed by atoms with Gasteiger partial charge >= 0.3 is 11.9 Å². The van der Waals surface area contributed by atoms with Crippen LogP contribution in [0.3, 0.4) is 0 Å². The van der Waals surface area contributed by atoms with Crippen LogP contribution >= 0.6 is 0 Å². The summed E-state index contributed by atoms with van der Waals surface area (Å²) in [6, 6.07) is 6.69. The Morgan fingerprint density at radius 3 is 2.54 bits per heavy atom. The van der Waals surface area contributed by atoms with Gasteiger partial charge in [0.1, 0.15) is 17.4 Å². The van der Waals surface area contributed by atoms with Crippen molar-refractivity contribution in [1.82, 2.24) is 0 Å². The second kappa shape index (κ2) is 6.08. The van der Waals surface area contributed by atoms with E-state index in [1.807, 2.05) is 0 Å². The molecule has 0 amide bonds. The molecule has 0 heterocycles. The third-order valence-corrected chi connectivity index (χ3v) is 5.58. The molecule has 0 aromatic heterocycles. The zero-order valence-electron chi connectivity index (χ0n) is 14.5. The number of carbonyl (C=O) groups is 2. The molecule has 3 atom stereocenters. The molecule has 4 nitrogen and oxygen atoms in total. The molecule has 0 radical (unpaired) electrons. The highest BCUT2D eigenvalue weighted by Gasteiger charge is 2.54. The molecule has 0 spiro atoms. The molecular formula is C20H24O4. The summed E-state index contributed by atoms with van der Waals surface area (Å²) in [7, 11) is 0. The Kier molecular flexibility index (Phi) is 4.24. The Morgan fingerprint density at radius 1 is 1.21 bits per heavy atom. The highest BCUT2D eigenvalue weighted by molar-refractivity contribution is 5.95. The number of hydrogen-bond donors (Lipinski definition) is 0. The third kappa shape index (κ3) is 2.85. The standard InChI is InChI=1S/C20H24O4/c1-12(2)18(21)23-16-8-6-5-7-15(16)19(22)24-17-13-9-10-14(11-13)20(17,3)4/h5-8,13-14,17H,1,9-11H2,2-4H3. The smallest absolute Gasteiger partial charge is 0.342 e. The summed E-state index contributed by atoms with van der Waals surface area (Å²) < 4.78 is 11.1. The van der Waals surface area contributed by atoms with Gasteiger partial charge in [0.15, 0.2) is 0 Å². The van der Waals surface area contributed by atoms with Crippen molar-refractivity contribution in [1.29, 1.82) is 0 Å². The molecule has 2 aliphatic carbocycles. The number of ether oxygens (including phenoxy) is 2. The van der Waals surface area contributed by atoms with E-state index in [0.717, 1.165) is 12.8 Å². The fourth-order valence-corrected chi connectivity index (χ4v) is 4.15. The number of benzene rings is 1. The molecule has 1 aromatic rings. The number of carbonyl (C=O) groups excluding carboxylic acids is 2. The van der Waals surface area contributed by atoms with Crippen LogP contribution in [0.15, 0.2) is 36.4 Å². The average molecular weight is 328 g/mol. The summed E-state index contributed by atoms with van der Waals surface area (Å²) in [4.78, 5) is 24.5. The van der Waals surface area contributed by atoms with Gasteiger partial charge in [-0.3, -0.25) is 0 Å². The summed E-state index contributed by atoms with van der Waals surface area (Å²) in [6.45, 7) is 9.50. The number of fused-ring (bicyclic) bond motifs is 2. The number of para-hydroxylation sites is 1. The van der Waals surface area contributed by atoms with Crippen LogP contribution in [0, 0.1) is 17.3 Å². The number of esters is 2. The van der Waals surface area contributed by atoms with Gasteiger partial charge in [-0.25, -0.2) is 9.59 Å². The summed E-state index contributed by atoms with van der Waals surface area (Å²) >= 11 is 0. The van der Waals surface area contributed by atoms with E-state index in [9.17, 15) is 9.59 Å². The van der Waals surface area contributed by atoms with Gasteiger partial charge in [0.2, 0.25) is 0 Å². The molecule has 0 aliphatic heterocycles. The van der Waals surface area contributed by atoms with E-state index in [-0.39, 0.29) is 28.4 Å². The van der Waals surface area contributed by atoms with Crippen LogP contribution in [0.5, 0.6) is 5.75 Å². The van der Waals surface area contributed by atoms with E-state index in [0.29, 0.717) is 11.8 Å². The van der Waals surface area contributed by atoms with Crippen molar-refractivity contribution in [3.8, 4) is 5.75 Å². The third-order valence-electron chi connectivity index (χ3n) is 5.58. The average Bonchev–Trinajstić information content (AvgIpc) is 3.09. The Balaban J connectivity index is 1.79. The lowest BCUT2D eigenvalue weighted by atomic mass is 9.74. The van der Waals surface area contributed by atoms with E-state index in [1.165, 1.54) is 6.42 Å².